The second-order valence-corrected chi connectivity index (χ2v) is 8.73. The first-order chi connectivity index (χ1) is 17.0. The van der Waals surface area contributed by atoms with Gasteiger partial charge in [0.2, 0.25) is 0 Å². The molecule has 7 N–H and O–H groups in total. The highest BCUT2D eigenvalue weighted by molar-refractivity contribution is 5.76. The van der Waals surface area contributed by atoms with Gasteiger partial charge in [0.05, 0.1) is 19.1 Å². The Morgan fingerprint density at radius 1 is 0.889 bits per heavy atom. The molecule has 190 valence electrons. The number of fused-ring (bicyclic) bond motifs is 1. The van der Waals surface area contributed by atoms with Crippen molar-refractivity contribution in [3.63, 3.8) is 0 Å². The fourth-order valence-electron chi connectivity index (χ4n) is 4.61. The Morgan fingerprint density at radius 2 is 1.53 bits per heavy atom. The molecule has 1 aliphatic rings. The molecule has 0 saturated carbocycles. The van der Waals surface area contributed by atoms with Crippen molar-refractivity contribution in [1.29, 1.82) is 0 Å². The fraction of sp³-hybridized carbons (Fsp3) is 0.269. The number of ether oxygens (including phenoxy) is 2. The van der Waals surface area contributed by atoms with Crippen molar-refractivity contribution in [3.8, 4) is 40.2 Å². The van der Waals surface area contributed by atoms with Crippen LogP contribution in [0.4, 0.5) is 0 Å². The molecule has 0 aromatic heterocycles. The van der Waals surface area contributed by atoms with Crippen LogP contribution >= 0.6 is 0 Å². The smallest absolute Gasteiger partial charge is 0.309 e. The number of aromatic hydroxyl groups is 6. The van der Waals surface area contributed by atoms with E-state index in [0.29, 0.717) is 11.1 Å². The normalized spacial score (nSPS) is 18.5. The first-order valence-corrected chi connectivity index (χ1v) is 11.1. The molecule has 0 saturated heterocycles. The predicted octanol–water partition coefficient (Wildman–Crippen LogP) is 2.90. The Bertz CT molecular complexity index is 1320. The molecule has 0 fully saturated rings. The number of phenolic OH excluding ortho intramolecular Hbond substituents is 6. The quantitative estimate of drug-likeness (QED) is 0.204. The molecule has 4 rings (SSSR count). The third-order valence-corrected chi connectivity index (χ3v) is 6.46. The summed E-state index contributed by atoms with van der Waals surface area (Å²) in [6.07, 6.45) is -2.33. The highest BCUT2D eigenvalue weighted by atomic mass is 16.5. The molecule has 10 nitrogen and oxygen atoms in total. The molecule has 0 spiro atoms. The Morgan fingerprint density at radius 3 is 2.14 bits per heavy atom. The lowest BCUT2D eigenvalue weighted by Crippen LogP contribution is -2.32. The van der Waals surface area contributed by atoms with Crippen LogP contribution in [0.3, 0.4) is 0 Å². The van der Waals surface area contributed by atoms with Crippen molar-refractivity contribution in [2.24, 2.45) is 5.92 Å². The second kappa shape index (κ2) is 9.38. The standard InChI is InChI=1S/C26H26O10/c1-11(26(34)35-2)22(12-3-5-15(27)18(30)7-12)23-20(32)10-17(29)14-9-21(33)24(36-25(14)23)13-4-6-16(28)19(31)8-13/h3-8,10-11,21-22,24,27-33H,9H2,1-2H3. The van der Waals surface area contributed by atoms with Crippen LogP contribution in [0.25, 0.3) is 0 Å². The van der Waals surface area contributed by atoms with Crippen LogP contribution in [-0.4, -0.2) is 54.9 Å². The zero-order chi connectivity index (χ0) is 26.3. The van der Waals surface area contributed by atoms with E-state index in [1.165, 1.54) is 43.5 Å². The maximum Gasteiger partial charge on any atom is 0.309 e. The number of phenols is 6. The van der Waals surface area contributed by atoms with Gasteiger partial charge in [-0.05, 0) is 35.4 Å². The van der Waals surface area contributed by atoms with Gasteiger partial charge in [-0.25, -0.2) is 0 Å². The van der Waals surface area contributed by atoms with E-state index in [9.17, 15) is 40.5 Å². The van der Waals surface area contributed by atoms with Crippen LogP contribution in [0.2, 0.25) is 0 Å². The molecule has 0 aliphatic carbocycles. The van der Waals surface area contributed by atoms with Gasteiger partial charge in [0, 0.05) is 29.5 Å². The molecule has 1 heterocycles. The second-order valence-electron chi connectivity index (χ2n) is 8.73. The summed E-state index contributed by atoms with van der Waals surface area (Å²) in [7, 11) is 1.20. The first-order valence-electron chi connectivity index (χ1n) is 11.1. The van der Waals surface area contributed by atoms with Crippen molar-refractivity contribution in [1.82, 2.24) is 0 Å². The van der Waals surface area contributed by atoms with Gasteiger partial charge in [-0.3, -0.25) is 4.79 Å². The van der Waals surface area contributed by atoms with Crippen LogP contribution in [0.5, 0.6) is 40.2 Å². The number of aliphatic hydroxyl groups is 1. The minimum Gasteiger partial charge on any atom is -0.507 e. The maximum absolute atomic E-state index is 12.6. The summed E-state index contributed by atoms with van der Waals surface area (Å²) in [6, 6.07) is 8.92. The number of hydrogen-bond donors (Lipinski definition) is 7. The Hall–Kier alpha value is -4.31. The zero-order valence-electron chi connectivity index (χ0n) is 19.4. The van der Waals surface area contributed by atoms with Crippen LogP contribution < -0.4 is 4.74 Å². The molecule has 3 aromatic carbocycles. The number of aliphatic hydroxyl groups excluding tert-OH is 1. The SMILES string of the molecule is COC(=O)C(C)C(c1ccc(O)c(O)c1)c1c(O)cc(O)c2c1OC(c1ccc(O)c(O)c1)C(O)C2. The van der Waals surface area contributed by atoms with E-state index in [2.05, 4.69) is 0 Å². The number of esters is 1. The molecular weight excluding hydrogens is 472 g/mol. The highest BCUT2D eigenvalue weighted by Gasteiger charge is 2.39. The van der Waals surface area contributed by atoms with Crippen LogP contribution in [-0.2, 0) is 16.0 Å². The maximum atomic E-state index is 12.6. The van der Waals surface area contributed by atoms with Gasteiger partial charge in [-0.1, -0.05) is 19.1 Å². The van der Waals surface area contributed by atoms with Crippen LogP contribution in [0, 0.1) is 5.92 Å². The fourth-order valence-corrected chi connectivity index (χ4v) is 4.61. The number of methoxy groups -OCH3 is 1. The van der Waals surface area contributed by atoms with Gasteiger partial charge in [-0.15, -0.1) is 0 Å². The van der Waals surface area contributed by atoms with Gasteiger partial charge in [0.25, 0.3) is 0 Å². The Balaban J connectivity index is 1.93. The van der Waals surface area contributed by atoms with Crippen molar-refractivity contribution in [2.75, 3.05) is 7.11 Å². The van der Waals surface area contributed by atoms with Crippen molar-refractivity contribution in [3.05, 3.63) is 64.7 Å². The van der Waals surface area contributed by atoms with Crippen LogP contribution in [0.15, 0.2) is 42.5 Å². The van der Waals surface area contributed by atoms with Crippen molar-refractivity contribution >= 4 is 5.97 Å². The van der Waals surface area contributed by atoms with Gasteiger partial charge in [0.15, 0.2) is 23.0 Å². The number of benzene rings is 3. The first kappa shape index (κ1) is 24.8. The molecule has 4 atom stereocenters. The number of hydrogen-bond acceptors (Lipinski definition) is 10. The van der Waals surface area contributed by atoms with Gasteiger partial charge >= 0.3 is 5.97 Å². The van der Waals surface area contributed by atoms with Crippen LogP contribution in [0.1, 0.15) is 41.2 Å². The third-order valence-electron chi connectivity index (χ3n) is 6.46. The Labute approximate surface area is 205 Å². The summed E-state index contributed by atoms with van der Waals surface area (Å²) in [5.74, 6) is -4.90. The van der Waals surface area contributed by atoms with E-state index in [4.69, 9.17) is 9.47 Å². The molecular formula is C26H26O10. The summed E-state index contributed by atoms with van der Waals surface area (Å²) in [6.45, 7) is 1.55. The zero-order valence-corrected chi connectivity index (χ0v) is 19.4. The molecule has 0 bridgehead atoms. The number of carbonyl (C=O) groups excluding carboxylic acids is 1. The van der Waals surface area contributed by atoms with E-state index < -0.39 is 47.3 Å². The lowest BCUT2D eigenvalue weighted by Gasteiger charge is -2.35. The number of rotatable bonds is 5. The van der Waals surface area contributed by atoms with E-state index in [1.807, 2.05) is 0 Å². The monoisotopic (exact) mass is 498 g/mol. The van der Waals surface area contributed by atoms with E-state index in [1.54, 1.807) is 6.92 Å². The molecule has 3 aromatic rings. The molecule has 1 aliphatic heterocycles. The summed E-state index contributed by atoms with van der Waals surface area (Å²) in [5, 5.41) is 71.8. The van der Waals surface area contributed by atoms with Gasteiger partial charge in [0.1, 0.15) is 23.4 Å². The predicted molar refractivity (Wildman–Crippen MR) is 125 cm³/mol. The van der Waals surface area contributed by atoms with Crippen molar-refractivity contribution < 1.29 is 50.0 Å². The minimum atomic E-state index is -1.17. The molecule has 36 heavy (non-hydrogen) atoms. The molecule has 0 amide bonds. The molecule has 4 unspecified atom stereocenters. The summed E-state index contributed by atoms with van der Waals surface area (Å²) < 4.78 is 11.0. The largest absolute Gasteiger partial charge is 0.507 e. The summed E-state index contributed by atoms with van der Waals surface area (Å²) >= 11 is 0. The lowest BCUT2D eigenvalue weighted by atomic mass is 9.78. The minimum absolute atomic E-state index is 0.00341. The van der Waals surface area contributed by atoms with E-state index in [0.717, 1.165) is 6.07 Å². The lowest BCUT2D eigenvalue weighted by molar-refractivity contribution is -0.145. The topological polar surface area (TPSA) is 177 Å². The molecule has 0 radical (unpaired) electrons. The van der Waals surface area contributed by atoms with E-state index >= 15 is 0 Å². The average Bonchev–Trinajstić information content (AvgIpc) is 2.84. The number of carbonyl (C=O) groups is 1. The molecule has 10 heteroatoms. The summed E-state index contributed by atoms with van der Waals surface area (Å²) in [5.41, 5.74) is 0.919. The van der Waals surface area contributed by atoms with Gasteiger partial charge < -0.3 is 45.2 Å². The van der Waals surface area contributed by atoms with Gasteiger partial charge in [-0.2, -0.15) is 0 Å². The third kappa shape index (κ3) is 4.27. The summed E-state index contributed by atoms with van der Waals surface area (Å²) in [4.78, 5) is 12.6. The van der Waals surface area contributed by atoms with E-state index in [-0.39, 0.29) is 40.5 Å². The van der Waals surface area contributed by atoms with Crippen molar-refractivity contribution in [2.45, 2.75) is 31.5 Å². The highest BCUT2D eigenvalue weighted by Crippen LogP contribution is 2.52. The Kier molecular flexibility index (Phi) is 6.47. The average molecular weight is 498 g/mol.